The minimum absolute atomic E-state index is 0.109. The summed E-state index contributed by atoms with van der Waals surface area (Å²) in [7, 11) is 0. The van der Waals surface area contributed by atoms with E-state index in [4.69, 9.17) is 15.1 Å². The summed E-state index contributed by atoms with van der Waals surface area (Å²) in [4.78, 5) is 15.0. The Morgan fingerprint density at radius 1 is 1.59 bits per heavy atom. The highest BCUT2D eigenvalue weighted by molar-refractivity contribution is 5.91. The van der Waals surface area contributed by atoms with Gasteiger partial charge in [-0.3, -0.25) is 15.2 Å². The summed E-state index contributed by atoms with van der Waals surface area (Å²) in [6.45, 7) is 0.163. The molecule has 7 nitrogen and oxygen atoms in total. The predicted octanol–water partition coefficient (Wildman–Crippen LogP) is 0.252. The highest BCUT2D eigenvalue weighted by Crippen LogP contribution is 2.10. The molecule has 2 aromatic heterocycles. The van der Waals surface area contributed by atoms with Crippen LogP contribution in [-0.4, -0.2) is 16.0 Å². The topological polar surface area (TPSA) is 103 Å². The second-order valence-electron chi connectivity index (χ2n) is 3.13. The first-order valence-corrected chi connectivity index (χ1v) is 4.79. The molecule has 0 saturated heterocycles. The van der Waals surface area contributed by atoms with Crippen molar-refractivity contribution in [1.82, 2.24) is 15.6 Å². The smallest absolute Gasteiger partial charge is 0.287 e. The van der Waals surface area contributed by atoms with Crippen LogP contribution in [0.5, 0.6) is 5.75 Å². The number of hydrogen-bond acceptors (Lipinski definition) is 6. The normalized spacial score (nSPS) is 9.94. The van der Waals surface area contributed by atoms with Crippen LogP contribution in [0.2, 0.25) is 0 Å². The van der Waals surface area contributed by atoms with Gasteiger partial charge in [0.2, 0.25) is 0 Å². The van der Waals surface area contributed by atoms with E-state index in [1.54, 1.807) is 24.5 Å². The molecule has 0 radical (unpaired) electrons. The van der Waals surface area contributed by atoms with Crippen molar-refractivity contribution in [2.45, 2.75) is 6.61 Å². The molecule has 0 saturated carbocycles. The maximum atomic E-state index is 11.1. The summed E-state index contributed by atoms with van der Waals surface area (Å²) in [5.41, 5.74) is 2.06. The lowest BCUT2D eigenvalue weighted by molar-refractivity contribution is 0.0944. The lowest BCUT2D eigenvalue weighted by atomic mass is 10.3. The zero-order valence-corrected chi connectivity index (χ0v) is 8.79. The second-order valence-corrected chi connectivity index (χ2v) is 3.13. The third kappa shape index (κ3) is 2.79. The molecular formula is C10H10N4O3. The SMILES string of the molecule is NNC(=O)c1cc(COc2cccnc2)on1. The number of hydrazine groups is 1. The van der Waals surface area contributed by atoms with Gasteiger partial charge in [0.15, 0.2) is 11.5 Å². The second kappa shape index (κ2) is 5.08. The lowest BCUT2D eigenvalue weighted by Gasteiger charge is -2.01. The minimum atomic E-state index is -0.513. The quantitative estimate of drug-likeness (QED) is 0.446. The van der Waals surface area contributed by atoms with Gasteiger partial charge in [-0.2, -0.15) is 0 Å². The fourth-order valence-electron chi connectivity index (χ4n) is 1.15. The van der Waals surface area contributed by atoms with Crippen LogP contribution in [0, 0.1) is 0 Å². The van der Waals surface area contributed by atoms with Gasteiger partial charge in [0.05, 0.1) is 6.20 Å². The Morgan fingerprint density at radius 2 is 2.47 bits per heavy atom. The van der Waals surface area contributed by atoms with Gasteiger partial charge in [0.1, 0.15) is 12.4 Å². The number of carbonyl (C=O) groups is 1. The van der Waals surface area contributed by atoms with Crippen LogP contribution in [0.25, 0.3) is 0 Å². The molecule has 0 aromatic carbocycles. The van der Waals surface area contributed by atoms with Gasteiger partial charge in [-0.05, 0) is 12.1 Å². The summed E-state index contributed by atoms with van der Waals surface area (Å²) in [5, 5.41) is 3.54. The van der Waals surface area contributed by atoms with E-state index < -0.39 is 5.91 Å². The van der Waals surface area contributed by atoms with E-state index in [1.165, 1.54) is 6.07 Å². The van der Waals surface area contributed by atoms with Gasteiger partial charge in [0.25, 0.3) is 5.91 Å². The molecule has 0 unspecified atom stereocenters. The fourth-order valence-corrected chi connectivity index (χ4v) is 1.15. The van der Waals surface area contributed by atoms with Crippen molar-refractivity contribution in [2.75, 3.05) is 0 Å². The molecule has 0 fully saturated rings. The van der Waals surface area contributed by atoms with Crippen LogP contribution in [0.15, 0.2) is 35.1 Å². The van der Waals surface area contributed by atoms with E-state index >= 15 is 0 Å². The van der Waals surface area contributed by atoms with Crippen LogP contribution in [0.1, 0.15) is 16.2 Å². The number of rotatable bonds is 4. The first kappa shape index (κ1) is 11.1. The molecule has 17 heavy (non-hydrogen) atoms. The first-order chi connectivity index (χ1) is 8.29. The van der Waals surface area contributed by atoms with Crippen molar-refractivity contribution >= 4 is 5.91 Å². The van der Waals surface area contributed by atoms with Gasteiger partial charge >= 0.3 is 0 Å². The van der Waals surface area contributed by atoms with Gasteiger partial charge in [-0.15, -0.1) is 0 Å². The Hall–Kier alpha value is -2.41. The Morgan fingerprint density at radius 3 is 3.18 bits per heavy atom. The van der Waals surface area contributed by atoms with Crippen molar-refractivity contribution in [3.8, 4) is 5.75 Å². The Bertz CT molecular complexity index is 497. The zero-order valence-electron chi connectivity index (χ0n) is 8.79. The lowest BCUT2D eigenvalue weighted by Crippen LogP contribution is -2.30. The van der Waals surface area contributed by atoms with Crippen molar-refractivity contribution in [1.29, 1.82) is 0 Å². The number of nitrogens with one attached hydrogen (secondary N) is 1. The average Bonchev–Trinajstić information content (AvgIpc) is 2.85. The minimum Gasteiger partial charge on any atom is -0.484 e. The van der Waals surface area contributed by atoms with Gasteiger partial charge in [0, 0.05) is 12.3 Å². The third-order valence-corrected chi connectivity index (χ3v) is 1.94. The van der Waals surface area contributed by atoms with Gasteiger partial charge in [-0.25, -0.2) is 5.84 Å². The van der Waals surface area contributed by atoms with E-state index in [9.17, 15) is 4.79 Å². The van der Waals surface area contributed by atoms with Crippen molar-refractivity contribution in [3.63, 3.8) is 0 Å². The number of nitrogens with two attached hydrogens (primary N) is 1. The van der Waals surface area contributed by atoms with Crippen LogP contribution in [0.4, 0.5) is 0 Å². The van der Waals surface area contributed by atoms with Crippen LogP contribution >= 0.6 is 0 Å². The molecule has 0 aliphatic carbocycles. The van der Waals surface area contributed by atoms with E-state index in [1.807, 2.05) is 5.43 Å². The van der Waals surface area contributed by atoms with Crippen LogP contribution in [-0.2, 0) is 6.61 Å². The fraction of sp³-hybridized carbons (Fsp3) is 0.100. The molecule has 88 valence electrons. The monoisotopic (exact) mass is 234 g/mol. The molecule has 0 bridgehead atoms. The van der Waals surface area contributed by atoms with Crippen molar-refractivity contribution < 1.29 is 14.1 Å². The Kier molecular flexibility index (Phi) is 3.31. The van der Waals surface area contributed by atoms with E-state index in [-0.39, 0.29) is 12.3 Å². The van der Waals surface area contributed by atoms with E-state index in [0.29, 0.717) is 11.5 Å². The molecule has 0 atom stereocenters. The number of hydrogen-bond donors (Lipinski definition) is 2. The number of nitrogens with zero attached hydrogens (tertiary/aromatic N) is 2. The molecule has 7 heteroatoms. The molecule has 2 heterocycles. The molecule has 2 aromatic rings. The number of ether oxygens (including phenoxy) is 1. The van der Waals surface area contributed by atoms with E-state index in [0.717, 1.165) is 0 Å². The number of aromatic nitrogens is 2. The molecule has 0 aliphatic heterocycles. The molecule has 3 N–H and O–H groups in total. The summed E-state index contributed by atoms with van der Waals surface area (Å²) in [6, 6.07) is 4.97. The summed E-state index contributed by atoms with van der Waals surface area (Å²) < 4.78 is 10.3. The van der Waals surface area contributed by atoms with Crippen molar-refractivity contribution in [3.05, 3.63) is 42.0 Å². The number of pyridine rings is 1. The zero-order chi connectivity index (χ0) is 12.1. The maximum Gasteiger partial charge on any atom is 0.287 e. The summed E-state index contributed by atoms with van der Waals surface area (Å²) >= 11 is 0. The molecule has 2 rings (SSSR count). The Balaban J connectivity index is 1.96. The molecule has 0 spiro atoms. The molecular weight excluding hydrogens is 224 g/mol. The van der Waals surface area contributed by atoms with Crippen LogP contribution < -0.4 is 16.0 Å². The number of carbonyl (C=O) groups excluding carboxylic acids is 1. The number of amides is 1. The van der Waals surface area contributed by atoms with Crippen LogP contribution in [0.3, 0.4) is 0 Å². The maximum absolute atomic E-state index is 11.1. The largest absolute Gasteiger partial charge is 0.484 e. The predicted molar refractivity (Wildman–Crippen MR) is 56.7 cm³/mol. The highest BCUT2D eigenvalue weighted by Gasteiger charge is 2.11. The molecule has 0 aliphatic rings. The summed E-state index contributed by atoms with van der Waals surface area (Å²) in [5.74, 6) is 5.47. The average molecular weight is 234 g/mol. The highest BCUT2D eigenvalue weighted by atomic mass is 16.5. The van der Waals surface area contributed by atoms with Gasteiger partial charge in [-0.1, -0.05) is 5.16 Å². The van der Waals surface area contributed by atoms with Gasteiger partial charge < -0.3 is 9.26 Å². The van der Waals surface area contributed by atoms with Crippen molar-refractivity contribution in [2.24, 2.45) is 5.84 Å². The number of nitrogen functional groups attached to an aromatic ring is 1. The van der Waals surface area contributed by atoms with E-state index in [2.05, 4.69) is 10.1 Å². The summed E-state index contributed by atoms with van der Waals surface area (Å²) in [6.07, 6.45) is 3.22. The first-order valence-electron chi connectivity index (χ1n) is 4.79. The standard InChI is InChI=1S/C10H10N4O3/c11-13-10(15)9-4-8(17-14-9)6-16-7-2-1-3-12-5-7/h1-5H,6,11H2,(H,13,15). The molecule has 1 amide bonds. The Labute approximate surface area is 96.5 Å². The third-order valence-electron chi connectivity index (χ3n) is 1.94.